The first-order valence-corrected chi connectivity index (χ1v) is 10.6. The van der Waals surface area contributed by atoms with Crippen LogP contribution in [-0.2, 0) is 0 Å². The van der Waals surface area contributed by atoms with Gasteiger partial charge in [-0.1, -0.05) is 0 Å². The number of phenolic OH excluding ortho intramolecular Hbond substituents is 1. The van der Waals surface area contributed by atoms with Crippen molar-refractivity contribution >= 4 is 52.0 Å². The number of hydrogen-bond acceptors (Lipinski definition) is 9. The van der Waals surface area contributed by atoms with Gasteiger partial charge in [0, 0.05) is 18.7 Å². The number of benzene rings is 1. The van der Waals surface area contributed by atoms with Gasteiger partial charge >= 0.3 is 0 Å². The van der Waals surface area contributed by atoms with Crippen molar-refractivity contribution in [3.8, 4) is 5.75 Å². The normalized spacial score (nSPS) is 17.2. The summed E-state index contributed by atoms with van der Waals surface area (Å²) in [5.74, 6) is -0.0161. The van der Waals surface area contributed by atoms with Crippen molar-refractivity contribution in [3.63, 3.8) is 0 Å². The van der Waals surface area contributed by atoms with Crippen molar-refractivity contribution in [2.45, 2.75) is 18.4 Å². The van der Waals surface area contributed by atoms with E-state index in [1.54, 1.807) is 17.0 Å². The number of carbonyl (C=O) groups is 2. The van der Waals surface area contributed by atoms with Crippen LogP contribution in [0.3, 0.4) is 0 Å². The van der Waals surface area contributed by atoms with Gasteiger partial charge in [-0.15, -0.1) is 0 Å². The van der Waals surface area contributed by atoms with E-state index in [4.69, 9.17) is 11.5 Å². The summed E-state index contributed by atoms with van der Waals surface area (Å²) in [6.45, 7) is 1.60. The molecule has 0 atom stereocenters. The number of aromatic nitrogens is 2. The Labute approximate surface area is 191 Å². The number of nitrogen functional groups attached to an aromatic ring is 2. The molecule has 1 spiro atoms. The molecule has 0 radical (unpaired) electrons. The Kier molecular flexibility index (Phi) is 5.56. The molecule has 1 saturated heterocycles. The fourth-order valence-corrected chi connectivity index (χ4v) is 3.98. The molecule has 162 valence electrons. The minimum Gasteiger partial charge on any atom is -0.508 e. The Morgan fingerprint density at radius 3 is 2.48 bits per heavy atom. The number of hydrogen-bond donors (Lipinski definition) is 5. The number of nitrogens with zero attached hydrogens (tertiary/aromatic N) is 4. The van der Waals surface area contributed by atoms with Gasteiger partial charge in [0.15, 0.2) is 23.3 Å². The summed E-state index contributed by atoms with van der Waals surface area (Å²) in [5.41, 5.74) is 11.6. The molecular weight excluding hydrogens is 515 g/mol. The largest absolute Gasteiger partial charge is 0.508 e. The van der Waals surface area contributed by atoms with Crippen LogP contribution in [0.2, 0.25) is 0 Å². The fourth-order valence-electron chi connectivity index (χ4n) is 3.61. The lowest BCUT2D eigenvalue weighted by molar-refractivity contribution is 0.0668. The molecule has 3 heterocycles. The predicted octanol–water partition coefficient (Wildman–Crippen LogP) is 0.315. The first-order valence-electron chi connectivity index (χ1n) is 9.57. The number of amides is 2. The van der Waals surface area contributed by atoms with Crippen molar-refractivity contribution in [1.29, 1.82) is 0 Å². The van der Waals surface area contributed by atoms with E-state index in [0.29, 0.717) is 47.7 Å². The number of likely N-dealkylation sites (tertiary alicyclic amines) is 1. The topological polar surface area (TPSA) is 172 Å². The monoisotopic (exact) mass is 536 g/mol. The summed E-state index contributed by atoms with van der Waals surface area (Å²) in [7, 11) is 0. The van der Waals surface area contributed by atoms with Crippen LogP contribution in [0.1, 0.15) is 33.7 Å². The zero-order chi connectivity index (χ0) is 22.2. The summed E-state index contributed by atoms with van der Waals surface area (Å²) in [6.07, 6.45) is 1.36. The number of phenols is 1. The zero-order valence-electron chi connectivity index (χ0n) is 16.4. The number of piperidine rings is 1. The number of aromatic hydroxyl groups is 1. The molecule has 1 aromatic carbocycles. The number of nitrogens with two attached hydrogens (primary N) is 2. The van der Waals surface area contributed by atoms with E-state index < -0.39 is 5.91 Å². The molecular formula is C19H21IN8O3. The van der Waals surface area contributed by atoms with E-state index in [9.17, 15) is 14.7 Å². The highest BCUT2D eigenvalue weighted by Crippen LogP contribution is 2.27. The summed E-state index contributed by atoms with van der Waals surface area (Å²) in [4.78, 5) is 39.4. The molecule has 2 aromatic rings. The third kappa shape index (κ3) is 4.33. The van der Waals surface area contributed by atoms with E-state index in [1.165, 1.54) is 12.1 Å². The van der Waals surface area contributed by atoms with Crippen molar-refractivity contribution in [3.05, 3.63) is 39.2 Å². The first-order chi connectivity index (χ1) is 14.8. The molecule has 2 aliphatic heterocycles. The van der Waals surface area contributed by atoms with Crippen LogP contribution in [0.4, 0.5) is 11.6 Å². The Bertz CT molecular complexity index is 1060. The minimum atomic E-state index is -0.522. The molecule has 0 unspecified atom stereocenters. The highest BCUT2D eigenvalue weighted by atomic mass is 127. The van der Waals surface area contributed by atoms with Gasteiger partial charge in [-0.25, -0.2) is 9.97 Å². The van der Waals surface area contributed by atoms with Crippen LogP contribution in [0, 0.1) is 3.70 Å². The molecule has 31 heavy (non-hydrogen) atoms. The maximum absolute atomic E-state index is 12.7. The minimum absolute atomic E-state index is 0.0154. The average Bonchev–Trinajstić information content (AvgIpc) is 3.13. The predicted molar refractivity (Wildman–Crippen MR) is 122 cm³/mol. The highest BCUT2D eigenvalue weighted by molar-refractivity contribution is 14.1. The zero-order valence-corrected chi connectivity index (χ0v) is 18.6. The molecule has 0 bridgehead atoms. The van der Waals surface area contributed by atoms with Gasteiger partial charge in [0.1, 0.15) is 9.45 Å². The number of aliphatic imine (C=N–C) groups is 1. The average molecular weight is 536 g/mol. The number of anilines is 2. The molecule has 1 aromatic heterocycles. The molecule has 2 amide bonds. The van der Waals surface area contributed by atoms with E-state index in [2.05, 4.69) is 25.6 Å². The van der Waals surface area contributed by atoms with Gasteiger partial charge in [-0.3, -0.25) is 19.9 Å². The van der Waals surface area contributed by atoms with Gasteiger partial charge in [0.05, 0.1) is 12.1 Å². The summed E-state index contributed by atoms with van der Waals surface area (Å²) in [6, 6.07) is 6.22. The Morgan fingerprint density at radius 2 is 1.81 bits per heavy atom. The number of guanidine groups is 1. The smallest absolute Gasteiger partial charge is 0.280 e. The third-order valence-electron chi connectivity index (χ3n) is 5.40. The van der Waals surface area contributed by atoms with Crippen LogP contribution in [0.25, 0.3) is 0 Å². The van der Waals surface area contributed by atoms with Crippen LogP contribution in [-0.4, -0.2) is 62.9 Å². The van der Waals surface area contributed by atoms with Gasteiger partial charge in [-0.2, -0.15) is 0 Å². The maximum atomic E-state index is 12.7. The maximum Gasteiger partial charge on any atom is 0.280 e. The van der Waals surface area contributed by atoms with Crippen LogP contribution in [0.5, 0.6) is 5.75 Å². The van der Waals surface area contributed by atoms with Gasteiger partial charge in [0.25, 0.3) is 11.8 Å². The number of halogens is 1. The Balaban J connectivity index is 1.35. The SMILES string of the molecule is Nc1nc(N)c(C(=O)NC2=NCC3(CCN(C(=O)c4ccc(O)cc4)CC3)N2)nc1I. The fraction of sp³-hybridized carbons (Fsp3) is 0.316. The highest BCUT2D eigenvalue weighted by Gasteiger charge is 2.40. The van der Waals surface area contributed by atoms with E-state index >= 15 is 0 Å². The molecule has 11 nitrogen and oxygen atoms in total. The van der Waals surface area contributed by atoms with Gasteiger partial charge < -0.3 is 26.8 Å². The molecule has 0 aliphatic carbocycles. The van der Waals surface area contributed by atoms with Crippen molar-refractivity contribution < 1.29 is 14.7 Å². The first kappa shape index (κ1) is 21.1. The molecule has 4 rings (SSSR count). The molecule has 2 aliphatic rings. The summed E-state index contributed by atoms with van der Waals surface area (Å²) >= 11 is 1.88. The molecule has 0 saturated carbocycles. The van der Waals surface area contributed by atoms with E-state index in [-0.39, 0.29) is 34.5 Å². The van der Waals surface area contributed by atoms with Crippen LogP contribution < -0.4 is 22.1 Å². The van der Waals surface area contributed by atoms with Crippen LogP contribution >= 0.6 is 22.6 Å². The molecule has 7 N–H and O–H groups in total. The van der Waals surface area contributed by atoms with Gasteiger partial charge in [0.2, 0.25) is 0 Å². The lowest BCUT2D eigenvalue weighted by atomic mass is 9.88. The van der Waals surface area contributed by atoms with E-state index in [1.807, 2.05) is 22.6 Å². The standard InChI is InChI=1S/C19H21IN8O3/c20-13-15(22)25-14(21)12(24-13)16(30)26-18-23-9-19(27-18)5-7-28(8-6-19)17(31)10-1-3-11(29)4-2-10/h1-4,29H,5-9H2,(H4,21,22,25)(H2,23,26,27,30). The quantitative estimate of drug-likeness (QED) is 0.342. The molecule has 1 fully saturated rings. The number of carbonyl (C=O) groups excluding carboxylic acids is 2. The van der Waals surface area contributed by atoms with Crippen molar-refractivity contribution in [1.82, 2.24) is 25.5 Å². The number of rotatable bonds is 2. The second-order valence-corrected chi connectivity index (χ2v) is 8.52. The third-order valence-corrected chi connectivity index (χ3v) is 6.19. The Morgan fingerprint density at radius 1 is 1.13 bits per heavy atom. The van der Waals surface area contributed by atoms with Crippen molar-refractivity contribution in [2.75, 3.05) is 31.1 Å². The summed E-state index contributed by atoms with van der Waals surface area (Å²) in [5, 5.41) is 15.4. The molecule has 12 heteroatoms. The van der Waals surface area contributed by atoms with Crippen molar-refractivity contribution in [2.24, 2.45) is 4.99 Å². The second kappa shape index (κ2) is 8.17. The van der Waals surface area contributed by atoms with Crippen LogP contribution in [0.15, 0.2) is 29.3 Å². The lowest BCUT2D eigenvalue weighted by Crippen LogP contribution is -2.57. The second-order valence-electron chi connectivity index (χ2n) is 7.50. The lowest BCUT2D eigenvalue weighted by Gasteiger charge is -2.39. The number of nitrogens with one attached hydrogen (secondary N) is 2. The van der Waals surface area contributed by atoms with E-state index in [0.717, 1.165) is 0 Å². The Hall–Kier alpha value is -3.16. The summed E-state index contributed by atoms with van der Waals surface area (Å²) < 4.78 is 0.389. The van der Waals surface area contributed by atoms with Gasteiger partial charge in [-0.05, 0) is 59.7 Å².